The topological polar surface area (TPSA) is 63.2 Å². The molecule has 0 aromatic heterocycles. The van der Waals surface area contributed by atoms with Crippen molar-refractivity contribution in [3.63, 3.8) is 0 Å². The van der Waals surface area contributed by atoms with E-state index in [4.69, 9.17) is 0 Å². The summed E-state index contributed by atoms with van der Waals surface area (Å²) in [6.07, 6.45) is 1.11. The van der Waals surface area contributed by atoms with E-state index >= 15 is 0 Å². The van der Waals surface area contributed by atoms with Crippen molar-refractivity contribution in [2.45, 2.75) is 12.5 Å². The van der Waals surface area contributed by atoms with Gasteiger partial charge in [-0.3, -0.25) is 9.59 Å². The molecule has 0 unspecified atom stereocenters. The highest BCUT2D eigenvalue weighted by molar-refractivity contribution is 6.15. The van der Waals surface area contributed by atoms with Gasteiger partial charge >= 0.3 is 0 Å². The van der Waals surface area contributed by atoms with Gasteiger partial charge in [0.2, 0.25) is 0 Å². The first-order chi connectivity index (χ1) is 13.2. The first-order valence-electron chi connectivity index (χ1n) is 8.68. The molecular weight excluding hydrogens is 338 g/mol. The first-order valence-corrected chi connectivity index (χ1v) is 8.68. The molecule has 3 aromatic carbocycles. The molecule has 0 aliphatic rings. The van der Waals surface area contributed by atoms with Gasteiger partial charge in [-0.1, -0.05) is 78.9 Å². The number of carbonyl (C=O) groups excluding carboxylic acids is 3. The molecule has 0 spiro atoms. The number of nitrogens with one attached hydrogen (secondary N) is 1. The minimum absolute atomic E-state index is 0.230. The van der Waals surface area contributed by atoms with Gasteiger partial charge in [-0.05, 0) is 18.1 Å². The molecular formula is C23H19NO3. The van der Waals surface area contributed by atoms with Crippen molar-refractivity contribution >= 4 is 18.0 Å². The second kappa shape index (κ2) is 8.72. The molecule has 0 aliphatic heterocycles. The van der Waals surface area contributed by atoms with E-state index < -0.39 is 11.9 Å². The predicted octanol–water partition coefficient (Wildman–Crippen LogP) is 3.46. The van der Waals surface area contributed by atoms with Gasteiger partial charge in [-0.15, -0.1) is 0 Å². The molecule has 0 bridgehead atoms. The second-order valence-corrected chi connectivity index (χ2v) is 6.15. The third-order valence-electron chi connectivity index (χ3n) is 4.23. The minimum atomic E-state index is -0.667. The average Bonchev–Trinajstić information content (AvgIpc) is 2.74. The Balaban J connectivity index is 1.80. The van der Waals surface area contributed by atoms with Crippen LogP contribution < -0.4 is 5.32 Å². The SMILES string of the molecule is O=C[C@H](Cc1ccccc1)NC(=O)c1ccccc1C(=O)c1ccccc1. The summed E-state index contributed by atoms with van der Waals surface area (Å²) < 4.78 is 0. The zero-order valence-electron chi connectivity index (χ0n) is 14.7. The Morgan fingerprint density at radius 2 is 1.33 bits per heavy atom. The summed E-state index contributed by atoms with van der Waals surface area (Å²) in [6, 6.07) is 24.2. The van der Waals surface area contributed by atoms with Crippen LogP contribution in [0, 0.1) is 0 Å². The molecule has 0 aliphatic carbocycles. The monoisotopic (exact) mass is 357 g/mol. The normalized spacial score (nSPS) is 11.4. The van der Waals surface area contributed by atoms with Crippen molar-refractivity contribution in [1.82, 2.24) is 5.32 Å². The Labute approximate surface area is 157 Å². The van der Waals surface area contributed by atoms with Crippen LogP contribution >= 0.6 is 0 Å². The highest BCUT2D eigenvalue weighted by Crippen LogP contribution is 2.15. The number of hydrogen-bond acceptors (Lipinski definition) is 3. The van der Waals surface area contributed by atoms with Crippen LogP contribution in [0.1, 0.15) is 31.8 Å². The van der Waals surface area contributed by atoms with Crippen LogP contribution in [0.3, 0.4) is 0 Å². The van der Waals surface area contributed by atoms with E-state index in [1.807, 2.05) is 36.4 Å². The van der Waals surface area contributed by atoms with Crippen molar-refractivity contribution in [1.29, 1.82) is 0 Å². The lowest BCUT2D eigenvalue weighted by Gasteiger charge is -2.15. The van der Waals surface area contributed by atoms with E-state index in [0.29, 0.717) is 23.8 Å². The number of benzene rings is 3. The fourth-order valence-electron chi connectivity index (χ4n) is 2.87. The summed E-state index contributed by atoms with van der Waals surface area (Å²) in [5.74, 6) is -0.671. The lowest BCUT2D eigenvalue weighted by Crippen LogP contribution is -2.38. The summed E-state index contributed by atoms with van der Waals surface area (Å²) in [5, 5.41) is 2.72. The van der Waals surface area contributed by atoms with Crippen LogP contribution in [-0.2, 0) is 11.2 Å². The van der Waals surface area contributed by atoms with Crippen molar-refractivity contribution in [3.8, 4) is 0 Å². The molecule has 4 nitrogen and oxygen atoms in total. The number of hydrogen-bond donors (Lipinski definition) is 1. The van der Waals surface area contributed by atoms with E-state index in [1.54, 1.807) is 48.5 Å². The largest absolute Gasteiger partial charge is 0.342 e. The predicted molar refractivity (Wildman–Crippen MR) is 104 cm³/mol. The van der Waals surface area contributed by atoms with Gasteiger partial charge < -0.3 is 10.1 Å². The molecule has 0 saturated carbocycles. The maximum Gasteiger partial charge on any atom is 0.252 e. The fraction of sp³-hybridized carbons (Fsp3) is 0.0870. The maximum absolute atomic E-state index is 12.8. The summed E-state index contributed by atoms with van der Waals surface area (Å²) in [4.78, 5) is 36.9. The molecule has 0 fully saturated rings. The van der Waals surface area contributed by atoms with Gasteiger partial charge in [0.15, 0.2) is 5.78 Å². The third kappa shape index (κ3) is 4.55. The summed E-state index contributed by atoms with van der Waals surface area (Å²) in [5.41, 5.74) is 2.02. The van der Waals surface area contributed by atoms with Gasteiger partial charge in [-0.2, -0.15) is 0 Å². The maximum atomic E-state index is 12.8. The van der Waals surface area contributed by atoms with Crippen molar-refractivity contribution in [2.75, 3.05) is 0 Å². The molecule has 0 radical (unpaired) electrons. The summed E-state index contributed by atoms with van der Waals surface area (Å²) >= 11 is 0. The van der Waals surface area contributed by atoms with Crippen molar-refractivity contribution in [3.05, 3.63) is 107 Å². The van der Waals surface area contributed by atoms with Crippen LogP contribution in [-0.4, -0.2) is 24.0 Å². The zero-order valence-corrected chi connectivity index (χ0v) is 14.7. The molecule has 1 N–H and O–H groups in total. The molecule has 3 rings (SSSR count). The molecule has 4 heteroatoms. The molecule has 1 amide bonds. The highest BCUT2D eigenvalue weighted by Gasteiger charge is 2.20. The zero-order chi connectivity index (χ0) is 19.1. The summed E-state index contributed by atoms with van der Waals surface area (Å²) in [6.45, 7) is 0. The average molecular weight is 357 g/mol. The molecule has 27 heavy (non-hydrogen) atoms. The molecule has 0 saturated heterocycles. The van der Waals surface area contributed by atoms with Crippen LogP contribution in [0.15, 0.2) is 84.9 Å². The van der Waals surface area contributed by atoms with Crippen molar-refractivity contribution < 1.29 is 14.4 Å². The van der Waals surface area contributed by atoms with Gasteiger partial charge in [0.05, 0.1) is 11.6 Å². The smallest absolute Gasteiger partial charge is 0.252 e. The van der Waals surface area contributed by atoms with E-state index in [9.17, 15) is 14.4 Å². The van der Waals surface area contributed by atoms with Gasteiger partial charge in [0.25, 0.3) is 5.91 Å². The van der Waals surface area contributed by atoms with Gasteiger partial charge in [-0.25, -0.2) is 0 Å². The lowest BCUT2D eigenvalue weighted by molar-refractivity contribution is -0.109. The fourth-order valence-corrected chi connectivity index (χ4v) is 2.87. The Morgan fingerprint density at radius 3 is 1.96 bits per heavy atom. The first kappa shape index (κ1) is 18.3. The number of ketones is 1. The third-order valence-corrected chi connectivity index (χ3v) is 4.23. The molecule has 1 atom stereocenters. The summed E-state index contributed by atoms with van der Waals surface area (Å²) in [7, 11) is 0. The number of amides is 1. The number of rotatable bonds is 7. The Morgan fingerprint density at radius 1 is 0.778 bits per heavy atom. The van der Waals surface area contributed by atoms with Gasteiger partial charge in [0, 0.05) is 11.1 Å². The standard InChI is InChI=1S/C23H19NO3/c25-16-19(15-17-9-3-1-4-10-17)24-23(27)21-14-8-7-13-20(21)22(26)18-11-5-2-6-12-18/h1-14,16,19H,15H2,(H,24,27)/t19-/m0/s1. The van der Waals surface area contributed by atoms with Crippen molar-refractivity contribution in [2.24, 2.45) is 0 Å². The second-order valence-electron chi connectivity index (χ2n) is 6.15. The van der Waals surface area contributed by atoms with E-state index in [2.05, 4.69) is 5.32 Å². The Kier molecular flexibility index (Phi) is 5.90. The quantitative estimate of drug-likeness (QED) is 0.520. The van der Waals surface area contributed by atoms with Gasteiger partial charge in [0.1, 0.15) is 6.29 Å². The van der Waals surface area contributed by atoms with Crippen LogP contribution in [0.2, 0.25) is 0 Å². The molecule has 0 heterocycles. The van der Waals surface area contributed by atoms with Crippen LogP contribution in [0.25, 0.3) is 0 Å². The lowest BCUT2D eigenvalue weighted by atomic mass is 9.97. The van der Waals surface area contributed by atoms with E-state index in [1.165, 1.54) is 0 Å². The molecule has 3 aromatic rings. The highest BCUT2D eigenvalue weighted by atomic mass is 16.2. The Bertz CT molecular complexity index is 936. The Hall–Kier alpha value is -3.53. The van der Waals surface area contributed by atoms with E-state index in [0.717, 1.165) is 5.56 Å². The number of aldehydes is 1. The van der Waals surface area contributed by atoms with E-state index in [-0.39, 0.29) is 11.3 Å². The molecule has 134 valence electrons. The van der Waals surface area contributed by atoms with Crippen LogP contribution in [0.4, 0.5) is 0 Å². The van der Waals surface area contributed by atoms with Crippen LogP contribution in [0.5, 0.6) is 0 Å². The minimum Gasteiger partial charge on any atom is -0.342 e. The number of carbonyl (C=O) groups is 3.